The fourth-order valence-corrected chi connectivity index (χ4v) is 3.08. The summed E-state index contributed by atoms with van der Waals surface area (Å²) in [6.45, 7) is 3.17. The molecule has 1 aliphatic heterocycles. The van der Waals surface area contributed by atoms with Gasteiger partial charge in [-0.1, -0.05) is 25.1 Å². The van der Waals surface area contributed by atoms with Gasteiger partial charge in [0.2, 0.25) is 5.91 Å². The lowest BCUT2D eigenvalue weighted by molar-refractivity contribution is -0.121. The van der Waals surface area contributed by atoms with Gasteiger partial charge in [0.05, 0.1) is 11.3 Å². The minimum atomic E-state index is -0.390. The zero-order valence-electron chi connectivity index (χ0n) is 13.6. The predicted octanol–water partition coefficient (Wildman–Crippen LogP) is 0.754. The van der Waals surface area contributed by atoms with Crippen LogP contribution in [0.2, 0.25) is 0 Å². The van der Waals surface area contributed by atoms with E-state index in [1.165, 1.54) is 4.68 Å². The van der Waals surface area contributed by atoms with Gasteiger partial charge in [0, 0.05) is 25.0 Å². The van der Waals surface area contributed by atoms with Gasteiger partial charge in [-0.05, 0) is 18.9 Å². The number of benzene rings is 1. The van der Waals surface area contributed by atoms with Crippen LogP contribution in [-0.4, -0.2) is 39.6 Å². The zero-order chi connectivity index (χ0) is 17.3. The third-order valence-corrected chi connectivity index (χ3v) is 4.38. The third kappa shape index (κ3) is 2.77. The molecule has 1 atom stereocenters. The van der Waals surface area contributed by atoms with Crippen LogP contribution in [0.3, 0.4) is 0 Å². The van der Waals surface area contributed by atoms with Gasteiger partial charge in [0.15, 0.2) is 5.69 Å². The minimum Gasteiger partial charge on any atom is -0.369 e. The van der Waals surface area contributed by atoms with Gasteiger partial charge in [-0.3, -0.25) is 14.4 Å². The molecule has 126 valence electrons. The standard InChI is InChI=1S/C17H20N4O3/c1-2-8-21-16(23)13-6-4-3-5-12(13)14(19-21)17(24)20-9-7-11(10-20)15(18)22/h3-6,11H,2,7-10H2,1H3,(H2,18,22)/t11-/m1/s1. The van der Waals surface area contributed by atoms with Crippen LogP contribution in [0.5, 0.6) is 0 Å². The van der Waals surface area contributed by atoms with Crippen LogP contribution in [0.25, 0.3) is 10.8 Å². The highest BCUT2D eigenvalue weighted by Crippen LogP contribution is 2.21. The molecule has 24 heavy (non-hydrogen) atoms. The van der Waals surface area contributed by atoms with E-state index in [1.807, 2.05) is 6.92 Å². The lowest BCUT2D eigenvalue weighted by Crippen LogP contribution is -2.34. The fraction of sp³-hybridized carbons (Fsp3) is 0.412. The smallest absolute Gasteiger partial charge is 0.274 e. The highest BCUT2D eigenvalue weighted by molar-refractivity contribution is 6.05. The Bertz CT molecular complexity index is 859. The molecule has 2 heterocycles. The molecule has 1 aromatic carbocycles. The molecule has 7 nitrogen and oxygen atoms in total. The molecule has 2 N–H and O–H groups in total. The van der Waals surface area contributed by atoms with Gasteiger partial charge < -0.3 is 10.6 Å². The normalized spacial score (nSPS) is 17.4. The predicted molar refractivity (Wildman–Crippen MR) is 89.5 cm³/mol. The summed E-state index contributed by atoms with van der Waals surface area (Å²) in [5, 5.41) is 5.33. The average molecular weight is 328 g/mol. The number of hydrogen-bond donors (Lipinski definition) is 1. The summed E-state index contributed by atoms with van der Waals surface area (Å²) in [4.78, 5) is 38.3. The second-order valence-corrected chi connectivity index (χ2v) is 6.06. The van der Waals surface area contributed by atoms with Crippen molar-refractivity contribution in [2.45, 2.75) is 26.3 Å². The number of amides is 2. The number of rotatable bonds is 4. The number of aromatic nitrogens is 2. The number of nitrogens with zero attached hydrogens (tertiary/aromatic N) is 3. The highest BCUT2D eigenvalue weighted by atomic mass is 16.2. The molecule has 0 bridgehead atoms. The number of carbonyl (C=O) groups excluding carboxylic acids is 2. The molecule has 1 saturated heterocycles. The topological polar surface area (TPSA) is 98.3 Å². The Morgan fingerprint density at radius 3 is 2.62 bits per heavy atom. The minimum absolute atomic E-state index is 0.194. The van der Waals surface area contributed by atoms with Gasteiger partial charge >= 0.3 is 0 Å². The first-order valence-electron chi connectivity index (χ1n) is 8.11. The van der Waals surface area contributed by atoms with Crippen LogP contribution >= 0.6 is 0 Å². The van der Waals surface area contributed by atoms with Crippen LogP contribution in [0, 0.1) is 5.92 Å². The number of carbonyl (C=O) groups is 2. The summed E-state index contributed by atoms with van der Waals surface area (Å²) in [6.07, 6.45) is 1.31. The molecule has 1 aromatic heterocycles. The molecule has 7 heteroatoms. The molecule has 0 radical (unpaired) electrons. The van der Waals surface area contributed by atoms with Crippen molar-refractivity contribution < 1.29 is 9.59 Å². The number of aryl methyl sites for hydroxylation is 1. The summed E-state index contributed by atoms with van der Waals surface area (Å²) in [5.74, 6) is -0.972. The van der Waals surface area contributed by atoms with E-state index in [1.54, 1.807) is 29.2 Å². The van der Waals surface area contributed by atoms with Crippen LogP contribution in [0.4, 0.5) is 0 Å². The van der Waals surface area contributed by atoms with E-state index >= 15 is 0 Å². The lowest BCUT2D eigenvalue weighted by Gasteiger charge is -2.17. The Morgan fingerprint density at radius 1 is 1.29 bits per heavy atom. The van der Waals surface area contributed by atoms with E-state index in [-0.39, 0.29) is 29.0 Å². The first kappa shape index (κ1) is 16.2. The van der Waals surface area contributed by atoms with Gasteiger partial charge in [-0.2, -0.15) is 5.10 Å². The highest BCUT2D eigenvalue weighted by Gasteiger charge is 2.32. The Balaban J connectivity index is 2.05. The van der Waals surface area contributed by atoms with Crippen LogP contribution in [-0.2, 0) is 11.3 Å². The second kappa shape index (κ2) is 6.43. The molecule has 2 amide bonds. The number of likely N-dealkylation sites (tertiary alicyclic amines) is 1. The summed E-state index contributed by atoms with van der Waals surface area (Å²) in [6, 6.07) is 6.99. The number of nitrogens with two attached hydrogens (primary N) is 1. The third-order valence-electron chi connectivity index (χ3n) is 4.38. The van der Waals surface area contributed by atoms with Crippen LogP contribution < -0.4 is 11.3 Å². The molecule has 0 saturated carbocycles. The molecule has 3 rings (SSSR count). The summed E-state index contributed by atoms with van der Waals surface area (Å²) in [5.41, 5.74) is 5.39. The van der Waals surface area contributed by atoms with Crippen molar-refractivity contribution in [2.75, 3.05) is 13.1 Å². The van der Waals surface area contributed by atoms with Gasteiger partial charge in [-0.15, -0.1) is 0 Å². The Hall–Kier alpha value is -2.70. The van der Waals surface area contributed by atoms with Crippen molar-refractivity contribution in [3.05, 3.63) is 40.3 Å². The maximum absolute atomic E-state index is 12.9. The summed E-state index contributed by atoms with van der Waals surface area (Å²) in [7, 11) is 0. The molecular formula is C17H20N4O3. The van der Waals surface area contributed by atoms with E-state index in [0.717, 1.165) is 6.42 Å². The van der Waals surface area contributed by atoms with Crippen molar-refractivity contribution in [1.29, 1.82) is 0 Å². The maximum Gasteiger partial charge on any atom is 0.274 e. The monoisotopic (exact) mass is 328 g/mol. The molecule has 0 unspecified atom stereocenters. The van der Waals surface area contributed by atoms with Crippen molar-refractivity contribution in [3.8, 4) is 0 Å². The fourth-order valence-electron chi connectivity index (χ4n) is 3.08. The van der Waals surface area contributed by atoms with Crippen molar-refractivity contribution >= 4 is 22.6 Å². The Labute approximate surface area is 139 Å². The quantitative estimate of drug-likeness (QED) is 0.895. The Kier molecular flexibility index (Phi) is 4.33. The molecule has 1 fully saturated rings. The zero-order valence-corrected chi connectivity index (χ0v) is 13.6. The van der Waals surface area contributed by atoms with E-state index in [4.69, 9.17) is 5.73 Å². The number of hydrogen-bond acceptors (Lipinski definition) is 4. The van der Waals surface area contributed by atoms with E-state index in [0.29, 0.717) is 36.8 Å². The SMILES string of the molecule is CCCn1nc(C(=O)N2CC[C@@H](C(N)=O)C2)c2ccccc2c1=O. The molecule has 1 aliphatic rings. The largest absolute Gasteiger partial charge is 0.369 e. The second-order valence-electron chi connectivity index (χ2n) is 6.06. The van der Waals surface area contributed by atoms with Gasteiger partial charge in [0.25, 0.3) is 11.5 Å². The maximum atomic E-state index is 12.9. The van der Waals surface area contributed by atoms with Crippen molar-refractivity contribution in [2.24, 2.45) is 11.7 Å². The number of primary amides is 1. The number of fused-ring (bicyclic) bond motifs is 1. The van der Waals surface area contributed by atoms with Gasteiger partial charge in [-0.25, -0.2) is 4.68 Å². The molecule has 0 spiro atoms. The Morgan fingerprint density at radius 2 is 2.00 bits per heavy atom. The van der Waals surface area contributed by atoms with Crippen molar-refractivity contribution in [1.82, 2.24) is 14.7 Å². The van der Waals surface area contributed by atoms with E-state index < -0.39 is 0 Å². The van der Waals surface area contributed by atoms with Gasteiger partial charge in [0.1, 0.15) is 0 Å². The van der Waals surface area contributed by atoms with Crippen LogP contribution in [0.1, 0.15) is 30.3 Å². The van der Waals surface area contributed by atoms with Crippen molar-refractivity contribution in [3.63, 3.8) is 0 Å². The van der Waals surface area contributed by atoms with Crippen LogP contribution in [0.15, 0.2) is 29.1 Å². The first-order valence-corrected chi connectivity index (χ1v) is 8.11. The summed E-state index contributed by atoms with van der Waals surface area (Å²) >= 11 is 0. The lowest BCUT2D eigenvalue weighted by atomic mass is 10.1. The molecular weight excluding hydrogens is 308 g/mol. The molecule has 2 aromatic rings. The molecule has 0 aliphatic carbocycles. The average Bonchev–Trinajstić information content (AvgIpc) is 3.07. The van der Waals surface area contributed by atoms with E-state index in [9.17, 15) is 14.4 Å². The first-order chi connectivity index (χ1) is 11.5. The summed E-state index contributed by atoms with van der Waals surface area (Å²) < 4.78 is 1.34. The van der Waals surface area contributed by atoms with E-state index in [2.05, 4.69) is 5.10 Å².